The monoisotopic (exact) mass is 496 g/mol. The van der Waals surface area contributed by atoms with Gasteiger partial charge in [-0.2, -0.15) is 35.1 Å². The first-order chi connectivity index (χ1) is 13.6. The molecule has 2 aromatic carbocycles. The second kappa shape index (κ2) is 8.55. The first kappa shape index (κ1) is 24.8. The number of allylic oxidation sites excluding steroid dienone is 1. The minimum absolute atomic E-state index is 0.131. The Kier molecular flexibility index (Phi) is 7.06. The van der Waals surface area contributed by atoms with Crippen LogP contribution in [0.2, 0.25) is 15.1 Å². The molecule has 0 bridgehead atoms. The second-order valence-electron chi connectivity index (χ2n) is 6.33. The SMILES string of the molecule is Cc1ccc(/C=C/C(c2cc(Cl)c(Cl)c(Cl)c2)C(F)(F)C(F)(F)F)cc1C(F)(F)F. The van der Waals surface area contributed by atoms with Crippen LogP contribution in [-0.4, -0.2) is 12.1 Å². The van der Waals surface area contributed by atoms with Gasteiger partial charge in [-0.3, -0.25) is 0 Å². The smallest absolute Gasteiger partial charge is 0.195 e. The van der Waals surface area contributed by atoms with Crippen LogP contribution in [0.3, 0.4) is 0 Å². The van der Waals surface area contributed by atoms with Gasteiger partial charge in [0.1, 0.15) is 0 Å². The number of hydrogen-bond donors (Lipinski definition) is 0. The lowest BCUT2D eigenvalue weighted by Crippen LogP contribution is -2.41. The summed E-state index contributed by atoms with van der Waals surface area (Å²) in [5.41, 5.74) is -2.01. The summed E-state index contributed by atoms with van der Waals surface area (Å²) in [6, 6.07) is 4.47. The van der Waals surface area contributed by atoms with E-state index in [-0.39, 0.29) is 26.2 Å². The van der Waals surface area contributed by atoms with Crippen LogP contribution in [0.1, 0.15) is 28.2 Å². The lowest BCUT2D eigenvalue weighted by atomic mass is 9.90. The molecule has 0 saturated heterocycles. The minimum atomic E-state index is -5.95. The van der Waals surface area contributed by atoms with Crippen molar-refractivity contribution < 1.29 is 35.1 Å². The molecule has 1 unspecified atom stereocenters. The molecule has 0 radical (unpaired) electrons. The predicted molar refractivity (Wildman–Crippen MR) is 100 cm³/mol. The molecule has 11 heteroatoms. The Morgan fingerprint density at radius 2 is 1.37 bits per heavy atom. The number of alkyl halides is 8. The fourth-order valence-corrected chi connectivity index (χ4v) is 3.24. The van der Waals surface area contributed by atoms with Crippen molar-refractivity contribution in [1.82, 2.24) is 0 Å². The van der Waals surface area contributed by atoms with E-state index < -0.39 is 35.3 Å². The van der Waals surface area contributed by atoms with E-state index in [0.29, 0.717) is 12.1 Å². The Morgan fingerprint density at radius 3 is 1.83 bits per heavy atom. The standard InChI is InChI=1S/C19H11Cl3F8/c1-9-2-3-10(6-13(9)18(25,26)27)4-5-12(17(23,24)19(28,29)30)11-7-14(20)16(22)15(21)8-11/h2-8,12H,1H3/b5-4+. The first-order valence-electron chi connectivity index (χ1n) is 8.00. The highest BCUT2D eigenvalue weighted by Crippen LogP contribution is 2.48. The quantitative estimate of drug-likeness (QED) is 0.292. The van der Waals surface area contributed by atoms with Crippen LogP contribution in [0, 0.1) is 6.92 Å². The van der Waals surface area contributed by atoms with Gasteiger partial charge in [0.2, 0.25) is 0 Å². The number of aryl methyl sites for hydroxylation is 1. The van der Waals surface area contributed by atoms with Gasteiger partial charge in [0.15, 0.2) is 0 Å². The molecule has 2 aromatic rings. The van der Waals surface area contributed by atoms with Crippen LogP contribution in [0.15, 0.2) is 36.4 Å². The van der Waals surface area contributed by atoms with E-state index in [1.54, 1.807) is 0 Å². The molecule has 0 fully saturated rings. The summed E-state index contributed by atoms with van der Waals surface area (Å²) in [6.07, 6.45) is -9.48. The van der Waals surface area contributed by atoms with Gasteiger partial charge >= 0.3 is 18.3 Å². The third-order valence-electron chi connectivity index (χ3n) is 4.18. The summed E-state index contributed by atoms with van der Waals surface area (Å²) < 4.78 is 107. The molecule has 0 amide bonds. The average molecular weight is 498 g/mol. The molecule has 1 atom stereocenters. The number of halogens is 11. The average Bonchev–Trinajstić information content (AvgIpc) is 2.58. The summed E-state index contributed by atoms with van der Waals surface area (Å²) in [4.78, 5) is 0. The Hall–Kier alpha value is -1.51. The topological polar surface area (TPSA) is 0 Å². The Balaban J connectivity index is 2.60. The van der Waals surface area contributed by atoms with Gasteiger partial charge in [-0.1, -0.05) is 59.1 Å². The third kappa shape index (κ3) is 5.21. The van der Waals surface area contributed by atoms with Gasteiger partial charge in [0, 0.05) is 0 Å². The number of rotatable bonds is 4. The van der Waals surface area contributed by atoms with Crippen molar-refractivity contribution in [1.29, 1.82) is 0 Å². The van der Waals surface area contributed by atoms with Crippen LogP contribution in [0.4, 0.5) is 35.1 Å². The maximum atomic E-state index is 14.2. The molecule has 0 saturated carbocycles. The fraction of sp³-hybridized carbons (Fsp3) is 0.263. The molecule has 30 heavy (non-hydrogen) atoms. The van der Waals surface area contributed by atoms with Crippen LogP contribution >= 0.6 is 34.8 Å². The molecule has 0 nitrogen and oxygen atoms in total. The van der Waals surface area contributed by atoms with Crippen LogP contribution < -0.4 is 0 Å². The zero-order valence-electron chi connectivity index (χ0n) is 14.8. The normalized spacial score (nSPS) is 14.4. The summed E-state index contributed by atoms with van der Waals surface area (Å²) in [6.45, 7) is 1.19. The van der Waals surface area contributed by atoms with E-state index in [9.17, 15) is 35.1 Å². The third-order valence-corrected chi connectivity index (χ3v) is 5.38. The fourth-order valence-electron chi connectivity index (χ4n) is 2.63. The Labute approximate surface area is 181 Å². The maximum Gasteiger partial charge on any atom is 0.454 e. The van der Waals surface area contributed by atoms with E-state index in [1.165, 1.54) is 6.92 Å². The molecule has 0 spiro atoms. The summed E-state index contributed by atoms with van der Waals surface area (Å²) in [5, 5.41) is -0.955. The molecule has 0 aliphatic rings. The van der Waals surface area contributed by atoms with E-state index in [1.807, 2.05) is 0 Å². The van der Waals surface area contributed by atoms with Crippen molar-refractivity contribution in [2.24, 2.45) is 0 Å². The number of hydrogen-bond acceptors (Lipinski definition) is 0. The molecule has 0 aliphatic heterocycles. The maximum absolute atomic E-state index is 14.2. The van der Waals surface area contributed by atoms with Crippen molar-refractivity contribution >= 4 is 40.9 Å². The highest BCUT2D eigenvalue weighted by atomic mass is 35.5. The molecular formula is C19H11Cl3F8. The van der Waals surface area contributed by atoms with E-state index in [0.717, 1.165) is 30.3 Å². The van der Waals surface area contributed by atoms with Gasteiger partial charge in [-0.15, -0.1) is 0 Å². The minimum Gasteiger partial charge on any atom is -0.195 e. The molecule has 2 rings (SSSR count). The van der Waals surface area contributed by atoms with Gasteiger partial charge in [-0.25, -0.2) is 0 Å². The second-order valence-corrected chi connectivity index (χ2v) is 7.52. The Bertz CT molecular complexity index is 938. The predicted octanol–water partition coefficient (Wildman–Crippen LogP) is 8.97. The lowest BCUT2D eigenvalue weighted by molar-refractivity contribution is -0.286. The zero-order chi connectivity index (χ0) is 23.1. The van der Waals surface area contributed by atoms with Gasteiger partial charge in [0.05, 0.1) is 26.5 Å². The summed E-state index contributed by atoms with van der Waals surface area (Å²) in [7, 11) is 0. The van der Waals surface area contributed by atoms with Crippen molar-refractivity contribution in [2.45, 2.75) is 31.1 Å². The molecule has 0 aromatic heterocycles. The summed E-state index contributed by atoms with van der Waals surface area (Å²) >= 11 is 17.2. The molecular weight excluding hydrogens is 487 g/mol. The van der Waals surface area contributed by atoms with E-state index in [4.69, 9.17) is 34.8 Å². The van der Waals surface area contributed by atoms with Crippen molar-refractivity contribution in [2.75, 3.05) is 0 Å². The van der Waals surface area contributed by atoms with Crippen molar-refractivity contribution in [3.05, 3.63) is 73.7 Å². The molecule has 0 aliphatic carbocycles. The highest BCUT2D eigenvalue weighted by molar-refractivity contribution is 6.48. The van der Waals surface area contributed by atoms with Crippen molar-refractivity contribution in [3.63, 3.8) is 0 Å². The lowest BCUT2D eigenvalue weighted by Gasteiger charge is -2.27. The van der Waals surface area contributed by atoms with Gasteiger partial charge in [0.25, 0.3) is 0 Å². The largest absolute Gasteiger partial charge is 0.454 e. The van der Waals surface area contributed by atoms with E-state index in [2.05, 4.69) is 0 Å². The van der Waals surface area contributed by atoms with Gasteiger partial charge < -0.3 is 0 Å². The van der Waals surface area contributed by atoms with Crippen LogP contribution in [0.5, 0.6) is 0 Å². The highest BCUT2D eigenvalue weighted by Gasteiger charge is 2.62. The molecule has 0 heterocycles. The van der Waals surface area contributed by atoms with Gasteiger partial charge in [-0.05, 0) is 41.8 Å². The van der Waals surface area contributed by atoms with Crippen LogP contribution in [-0.2, 0) is 6.18 Å². The summed E-state index contributed by atoms with van der Waals surface area (Å²) in [5.74, 6) is -7.90. The molecule has 0 N–H and O–H groups in total. The van der Waals surface area contributed by atoms with Crippen LogP contribution in [0.25, 0.3) is 6.08 Å². The zero-order valence-corrected chi connectivity index (χ0v) is 17.0. The Morgan fingerprint density at radius 1 is 0.833 bits per heavy atom. The van der Waals surface area contributed by atoms with E-state index >= 15 is 0 Å². The van der Waals surface area contributed by atoms with Crippen molar-refractivity contribution in [3.8, 4) is 0 Å². The molecule has 164 valence electrons. The first-order valence-corrected chi connectivity index (χ1v) is 9.14. The number of benzene rings is 2.